The predicted molar refractivity (Wildman–Crippen MR) is 58.6 cm³/mol. The molecule has 0 saturated carbocycles. The fourth-order valence-corrected chi connectivity index (χ4v) is 1.56. The topological polar surface area (TPSA) is 40.5 Å². The van der Waals surface area contributed by atoms with Crippen LogP contribution in [-0.4, -0.2) is 10.2 Å². The third kappa shape index (κ3) is 2.04. The maximum absolute atomic E-state index is 13.0. The van der Waals surface area contributed by atoms with Crippen LogP contribution in [0.15, 0.2) is 48.5 Å². The minimum absolute atomic E-state index is 0.113. The van der Waals surface area contributed by atoms with Gasteiger partial charge in [-0.15, -0.1) is 0 Å². The van der Waals surface area contributed by atoms with E-state index in [0.29, 0.717) is 5.56 Å². The highest BCUT2D eigenvalue weighted by atomic mass is 19.1. The van der Waals surface area contributed by atoms with Gasteiger partial charge in [0, 0.05) is 5.56 Å². The molecule has 2 rings (SSSR count). The zero-order chi connectivity index (χ0) is 11.5. The Morgan fingerprint density at radius 3 is 2.38 bits per heavy atom. The first-order valence-electron chi connectivity index (χ1n) is 4.90. The summed E-state index contributed by atoms with van der Waals surface area (Å²) in [6, 6.07) is 12.3. The second-order valence-corrected chi connectivity index (χ2v) is 3.52. The minimum atomic E-state index is -1.02. The highest BCUT2D eigenvalue weighted by molar-refractivity contribution is 5.39. The number of halogens is 1. The van der Waals surface area contributed by atoms with Crippen LogP contribution in [0.2, 0.25) is 0 Å². The van der Waals surface area contributed by atoms with Crippen LogP contribution in [-0.2, 0) is 0 Å². The zero-order valence-electron chi connectivity index (χ0n) is 8.47. The second-order valence-electron chi connectivity index (χ2n) is 3.52. The van der Waals surface area contributed by atoms with Crippen molar-refractivity contribution in [3.63, 3.8) is 0 Å². The van der Waals surface area contributed by atoms with Crippen LogP contribution in [0, 0.1) is 5.82 Å². The summed E-state index contributed by atoms with van der Waals surface area (Å²) in [5.74, 6) is -0.597. The van der Waals surface area contributed by atoms with Gasteiger partial charge < -0.3 is 10.2 Å². The monoisotopic (exact) mass is 218 g/mol. The van der Waals surface area contributed by atoms with Gasteiger partial charge in [-0.1, -0.05) is 30.3 Å². The maximum Gasteiger partial charge on any atom is 0.123 e. The van der Waals surface area contributed by atoms with Gasteiger partial charge in [0.25, 0.3) is 0 Å². The van der Waals surface area contributed by atoms with Crippen LogP contribution in [0.3, 0.4) is 0 Å². The van der Waals surface area contributed by atoms with Crippen LogP contribution in [0.4, 0.5) is 4.39 Å². The Bertz CT molecular complexity index is 483. The fourth-order valence-electron chi connectivity index (χ4n) is 1.56. The lowest BCUT2D eigenvalue weighted by Crippen LogP contribution is -2.00. The van der Waals surface area contributed by atoms with Gasteiger partial charge in [0.2, 0.25) is 0 Å². The van der Waals surface area contributed by atoms with E-state index in [1.807, 2.05) is 6.07 Å². The Hall–Kier alpha value is -1.87. The molecular formula is C13H11FO2. The molecule has 2 N–H and O–H groups in total. The van der Waals surface area contributed by atoms with E-state index in [1.165, 1.54) is 6.07 Å². The molecule has 2 aromatic carbocycles. The van der Waals surface area contributed by atoms with E-state index in [4.69, 9.17) is 0 Å². The third-order valence-electron chi connectivity index (χ3n) is 2.40. The van der Waals surface area contributed by atoms with Crippen LogP contribution in [0.25, 0.3) is 0 Å². The van der Waals surface area contributed by atoms with Gasteiger partial charge in [0.1, 0.15) is 17.7 Å². The van der Waals surface area contributed by atoms with Gasteiger partial charge >= 0.3 is 0 Å². The number of aromatic hydroxyl groups is 1. The lowest BCUT2D eigenvalue weighted by atomic mass is 10.0. The molecule has 0 fully saturated rings. The summed E-state index contributed by atoms with van der Waals surface area (Å²) in [4.78, 5) is 0. The molecule has 0 amide bonds. The Labute approximate surface area is 92.6 Å². The molecule has 0 aromatic heterocycles. The molecule has 0 bridgehead atoms. The predicted octanol–water partition coefficient (Wildman–Crippen LogP) is 2.61. The normalized spacial score (nSPS) is 12.4. The highest BCUT2D eigenvalue weighted by Crippen LogP contribution is 2.29. The molecule has 0 radical (unpaired) electrons. The molecule has 0 aliphatic rings. The number of benzene rings is 2. The first kappa shape index (κ1) is 10.6. The fraction of sp³-hybridized carbons (Fsp3) is 0.0769. The molecule has 0 heterocycles. The quantitative estimate of drug-likeness (QED) is 0.813. The van der Waals surface area contributed by atoms with Gasteiger partial charge in [-0.3, -0.25) is 0 Å². The lowest BCUT2D eigenvalue weighted by Gasteiger charge is -2.12. The summed E-state index contributed by atoms with van der Waals surface area (Å²) in [6.45, 7) is 0. The van der Waals surface area contributed by atoms with Gasteiger partial charge in [0.05, 0.1) is 0 Å². The van der Waals surface area contributed by atoms with Crippen molar-refractivity contribution in [3.8, 4) is 5.75 Å². The molecule has 3 heteroatoms. The molecule has 1 unspecified atom stereocenters. The van der Waals surface area contributed by atoms with Gasteiger partial charge in [0.15, 0.2) is 0 Å². The number of phenolic OH excluding ortho intramolecular Hbond substituents is 1. The number of aliphatic hydroxyl groups is 1. The highest BCUT2D eigenvalue weighted by Gasteiger charge is 2.14. The smallest absolute Gasteiger partial charge is 0.123 e. The largest absolute Gasteiger partial charge is 0.508 e. The van der Waals surface area contributed by atoms with E-state index >= 15 is 0 Å². The van der Waals surface area contributed by atoms with Crippen molar-refractivity contribution >= 4 is 0 Å². The van der Waals surface area contributed by atoms with Crippen molar-refractivity contribution in [2.75, 3.05) is 0 Å². The molecular weight excluding hydrogens is 207 g/mol. The zero-order valence-corrected chi connectivity index (χ0v) is 8.47. The van der Waals surface area contributed by atoms with Crippen molar-refractivity contribution in [3.05, 3.63) is 65.5 Å². The minimum Gasteiger partial charge on any atom is -0.508 e. The molecule has 0 saturated heterocycles. The molecule has 1 atom stereocenters. The third-order valence-corrected chi connectivity index (χ3v) is 2.40. The van der Waals surface area contributed by atoms with Crippen molar-refractivity contribution in [2.45, 2.75) is 6.10 Å². The SMILES string of the molecule is Oc1ccc(F)cc1C(O)c1ccccc1. The van der Waals surface area contributed by atoms with Gasteiger partial charge in [-0.2, -0.15) is 0 Å². The summed E-state index contributed by atoms with van der Waals surface area (Å²) in [6.07, 6.45) is -1.02. The van der Waals surface area contributed by atoms with Crippen LogP contribution < -0.4 is 0 Å². The van der Waals surface area contributed by atoms with Crippen molar-refractivity contribution in [1.82, 2.24) is 0 Å². The summed E-state index contributed by atoms with van der Waals surface area (Å²) in [5.41, 5.74) is 0.787. The molecule has 82 valence electrons. The van der Waals surface area contributed by atoms with Crippen LogP contribution in [0.1, 0.15) is 17.2 Å². The Kier molecular flexibility index (Phi) is 2.88. The first-order valence-corrected chi connectivity index (χ1v) is 4.90. The standard InChI is InChI=1S/C13H11FO2/c14-10-6-7-12(15)11(8-10)13(16)9-4-2-1-3-5-9/h1-8,13,15-16H. The first-order chi connectivity index (χ1) is 7.68. The van der Waals surface area contributed by atoms with Crippen LogP contribution >= 0.6 is 0 Å². The second kappa shape index (κ2) is 4.33. The van der Waals surface area contributed by atoms with E-state index in [1.54, 1.807) is 24.3 Å². The summed E-state index contributed by atoms with van der Waals surface area (Å²) in [7, 11) is 0. The summed E-state index contributed by atoms with van der Waals surface area (Å²) < 4.78 is 13.0. The average molecular weight is 218 g/mol. The molecule has 2 aromatic rings. The van der Waals surface area contributed by atoms with Crippen molar-refractivity contribution in [1.29, 1.82) is 0 Å². The lowest BCUT2D eigenvalue weighted by molar-refractivity contribution is 0.215. The maximum atomic E-state index is 13.0. The number of phenols is 1. The Balaban J connectivity index is 2.41. The average Bonchev–Trinajstić information content (AvgIpc) is 2.32. The molecule has 0 aliphatic carbocycles. The van der Waals surface area contributed by atoms with Crippen molar-refractivity contribution in [2.24, 2.45) is 0 Å². The number of rotatable bonds is 2. The van der Waals surface area contributed by atoms with E-state index in [2.05, 4.69) is 0 Å². The van der Waals surface area contributed by atoms with Gasteiger partial charge in [-0.05, 0) is 23.8 Å². The van der Waals surface area contributed by atoms with Crippen molar-refractivity contribution < 1.29 is 14.6 Å². The Morgan fingerprint density at radius 1 is 1.00 bits per heavy atom. The molecule has 16 heavy (non-hydrogen) atoms. The summed E-state index contributed by atoms with van der Waals surface area (Å²) >= 11 is 0. The number of hydrogen-bond acceptors (Lipinski definition) is 2. The number of hydrogen-bond donors (Lipinski definition) is 2. The summed E-state index contributed by atoms with van der Waals surface area (Å²) in [5, 5.41) is 19.5. The van der Waals surface area contributed by atoms with E-state index < -0.39 is 11.9 Å². The van der Waals surface area contributed by atoms with E-state index in [-0.39, 0.29) is 11.3 Å². The van der Waals surface area contributed by atoms with Gasteiger partial charge in [-0.25, -0.2) is 4.39 Å². The van der Waals surface area contributed by atoms with Crippen LogP contribution in [0.5, 0.6) is 5.75 Å². The molecule has 2 nitrogen and oxygen atoms in total. The van der Waals surface area contributed by atoms with E-state index in [9.17, 15) is 14.6 Å². The molecule has 0 aliphatic heterocycles. The Morgan fingerprint density at radius 2 is 1.69 bits per heavy atom. The van der Waals surface area contributed by atoms with E-state index in [0.717, 1.165) is 12.1 Å². The number of aliphatic hydroxyl groups excluding tert-OH is 1. The molecule has 0 spiro atoms.